The summed E-state index contributed by atoms with van der Waals surface area (Å²) in [5.41, 5.74) is 0.396. The van der Waals surface area contributed by atoms with Gasteiger partial charge in [0.15, 0.2) is 10.8 Å². The van der Waals surface area contributed by atoms with Crippen LogP contribution in [0.5, 0.6) is 0 Å². The van der Waals surface area contributed by atoms with Gasteiger partial charge in [0.1, 0.15) is 5.69 Å². The lowest BCUT2D eigenvalue weighted by atomic mass is 10.2. The summed E-state index contributed by atoms with van der Waals surface area (Å²) in [6.45, 7) is 4.27. The van der Waals surface area contributed by atoms with Crippen molar-refractivity contribution >= 4 is 17.2 Å². The topological polar surface area (TPSA) is 70.1 Å². The summed E-state index contributed by atoms with van der Waals surface area (Å²) in [6, 6.07) is 5.68. The van der Waals surface area contributed by atoms with Gasteiger partial charge in [-0.25, -0.2) is 4.98 Å². The molecule has 2 rings (SSSR count). The van der Waals surface area contributed by atoms with Crippen LogP contribution in [0.2, 0.25) is 0 Å². The van der Waals surface area contributed by atoms with Gasteiger partial charge in [0.05, 0.1) is 18.8 Å². The van der Waals surface area contributed by atoms with Crippen molar-refractivity contribution in [3.63, 3.8) is 0 Å². The van der Waals surface area contributed by atoms with E-state index in [2.05, 4.69) is 11.1 Å². The second-order valence-corrected chi connectivity index (χ2v) is 5.37. The van der Waals surface area contributed by atoms with E-state index in [-0.39, 0.29) is 11.9 Å². The van der Waals surface area contributed by atoms with Crippen molar-refractivity contribution < 1.29 is 9.21 Å². The van der Waals surface area contributed by atoms with Crippen molar-refractivity contribution in [2.24, 2.45) is 0 Å². The van der Waals surface area contributed by atoms with E-state index < -0.39 is 0 Å². The summed E-state index contributed by atoms with van der Waals surface area (Å²) in [5.74, 6) is 0.506. The maximum Gasteiger partial charge on any atom is 0.273 e. The van der Waals surface area contributed by atoms with Gasteiger partial charge in [-0.05, 0) is 26.0 Å². The highest BCUT2D eigenvalue weighted by Gasteiger charge is 2.21. The number of nitrogens with zero attached hydrogens (tertiary/aromatic N) is 3. The Morgan fingerprint density at radius 3 is 3.00 bits per heavy atom. The standard InChI is InChI=1S/C14H15N3O2S/c1-10(2)17(7-4-6-15)14(18)11-9-20-13(16-11)12-5-3-8-19-12/h3,5,8-10H,4,7H2,1-2H3. The number of hydrogen-bond acceptors (Lipinski definition) is 5. The number of amides is 1. The lowest BCUT2D eigenvalue weighted by Gasteiger charge is -2.24. The molecule has 0 radical (unpaired) electrons. The minimum absolute atomic E-state index is 0.0320. The zero-order chi connectivity index (χ0) is 14.5. The molecule has 0 spiro atoms. The Labute approximate surface area is 121 Å². The molecular formula is C14H15N3O2S. The van der Waals surface area contributed by atoms with Crippen LogP contribution in [0.4, 0.5) is 0 Å². The van der Waals surface area contributed by atoms with Gasteiger partial charge in [-0.2, -0.15) is 5.26 Å². The normalized spacial score (nSPS) is 10.5. The Balaban J connectivity index is 2.18. The van der Waals surface area contributed by atoms with Gasteiger partial charge >= 0.3 is 0 Å². The highest BCUT2D eigenvalue weighted by Crippen LogP contribution is 2.24. The molecule has 2 heterocycles. The van der Waals surface area contributed by atoms with Crippen molar-refractivity contribution in [3.05, 3.63) is 29.5 Å². The maximum atomic E-state index is 12.4. The summed E-state index contributed by atoms with van der Waals surface area (Å²) in [4.78, 5) is 18.4. The van der Waals surface area contributed by atoms with Gasteiger partial charge in [0, 0.05) is 18.0 Å². The highest BCUT2D eigenvalue weighted by molar-refractivity contribution is 7.13. The predicted molar refractivity (Wildman–Crippen MR) is 76.2 cm³/mol. The van der Waals surface area contributed by atoms with Crippen LogP contribution in [0.1, 0.15) is 30.8 Å². The monoisotopic (exact) mass is 289 g/mol. The first-order valence-electron chi connectivity index (χ1n) is 6.30. The van der Waals surface area contributed by atoms with Crippen molar-refractivity contribution in [1.82, 2.24) is 9.88 Å². The number of carbonyl (C=O) groups is 1. The SMILES string of the molecule is CC(C)N(CCC#N)C(=O)c1csc(-c2ccco2)n1. The molecule has 104 valence electrons. The lowest BCUT2D eigenvalue weighted by molar-refractivity contribution is 0.0705. The number of aromatic nitrogens is 1. The van der Waals surface area contributed by atoms with Crippen LogP contribution in [-0.4, -0.2) is 28.4 Å². The largest absolute Gasteiger partial charge is 0.462 e. The Bertz CT molecular complexity index is 611. The molecule has 20 heavy (non-hydrogen) atoms. The van der Waals surface area contributed by atoms with Crippen molar-refractivity contribution in [2.45, 2.75) is 26.3 Å². The minimum Gasteiger partial charge on any atom is -0.462 e. The highest BCUT2D eigenvalue weighted by atomic mass is 32.1. The number of hydrogen-bond donors (Lipinski definition) is 0. The number of thiazole rings is 1. The van der Waals surface area contributed by atoms with E-state index >= 15 is 0 Å². The number of carbonyl (C=O) groups excluding carboxylic acids is 1. The van der Waals surface area contributed by atoms with E-state index in [0.717, 1.165) is 0 Å². The summed E-state index contributed by atoms with van der Waals surface area (Å²) in [5, 5.41) is 11.1. The average Bonchev–Trinajstić information content (AvgIpc) is 3.09. The summed E-state index contributed by atoms with van der Waals surface area (Å²) < 4.78 is 5.27. The fourth-order valence-electron chi connectivity index (χ4n) is 1.80. The smallest absolute Gasteiger partial charge is 0.273 e. The van der Waals surface area contributed by atoms with E-state index in [1.807, 2.05) is 19.9 Å². The van der Waals surface area contributed by atoms with Crippen LogP contribution < -0.4 is 0 Å². The first-order chi connectivity index (χ1) is 9.63. The quantitative estimate of drug-likeness (QED) is 0.847. The molecule has 2 aromatic rings. The molecule has 1 amide bonds. The van der Waals surface area contributed by atoms with Crippen LogP contribution in [0.15, 0.2) is 28.2 Å². The van der Waals surface area contributed by atoms with Crippen molar-refractivity contribution in [1.29, 1.82) is 5.26 Å². The van der Waals surface area contributed by atoms with Crippen LogP contribution >= 0.6 is 11.3 Å². The van der Waals surface area contributed by atoms with E-state index in [1.165, 1.54) is 11.3 Å². The minimum atomic E-state index is -0.149. The van der Waals surface area contributed by atoms with Gasteiger partial charge in [0.2, 0.25) is 0 Å². The lowest BCUT2D eigenvalue weighted by Crippen LogP contribution is -2.37. The van der Waals surface area contributed by atoms with Gasteiger partial charge in [-0.15, -0.1) is 11.3 Å². The molecule has 0 fully saturated rings. The Hall–Kier alpha value is -2.13. The van der Waals surface area contributed by atoms with Crippen LogP contribution in [0.3, 0.4) is 0 Å². The molecular weight excluding hydrogens is 274 g/mol. The Morgan fingerprint density at radius 1 is 1.60 bits per heavy atom. The zero-order valence-corrected chi connectivity index (χ0v) is 12.2. The third kappa shape index (κ3) is 3.06. The molecule has 0 saturated heterocycles. The first-order valence-corrected chi connectivity index (χ1v) is 7.18. The van der Waals surface area contributed by atoms with Gasteiger partial charge in [-0.3, -0.25) is 4.79 Å². The molecule has 6 heteroatoms. The summed E-state index contributed by atoms with van der Waals surface area (Å²) in [7, 11) is 0. The molecule has 0 bridgehead atoms. The van der Waals surface area contributed by atoms with E-state index in [0.29, 0.717) is 29.4 Å². The molecule has 0 aliphatic heterocycles. The fourth-order valence-corrected chi connectivity index (χ4v) is 2.56. The molecule has 2 aromatic heterocycles. The summed E-state index contributed by atoms with van der Waals surface area (Å²) >= 11 is 1.37. The third-order valence-electron chi connectivity index (χ3n) is 2.80. The average molecular weight is 289 g/mol. The van der Waals surface area contributed by atoms with E-state index in [4.69, 9.17) is 9.68 Å². The molecule has 0 unspecified atom stereocenters. The molecule has 0 aliphatic rings. The first kappa shape index (κ1) is 14.3. The Morgan fingerprint density at radius 2 is 2.40 bits per heavy atom. The molecule has 0 saturated carbocycles. The predicted octanol–water partition coefficient (Wildman–Crippen LogP) is 3.17. The second kappa shape index (κ2) is 6.35. The number of nitriles is 1. The van der Waals surface area contributed by atoms with E-state index in [1.54, 1.807) is 22.6 Å². The van der Waals surface area contributed by atoms with Crippen LogP contribution in [0.25, 0.3) is 10.8 Å². The fraction of sp³-hybridized carbons (Fsp3) is 0.357. The van der Waals surface area contributed by atoms with Crippen molar-refractivity contribution in [2.75, 3.05) is 6.54 Å². The van der Waals surface area contributed by atoms with Gasteiger partial charge < -0.3 is 9.32 Å². The maximum absolute atomic E-state index is 12.4. The van der Waals surface area contributed by atoms with Crippen LogP contribution in [0, 0.1) is 11.3 Å². The van der Waals surface area contributed by atoms with Gasteiger partial charge in [-0.1, -0.05) is 0 Å². The number of furan rings is 1. The van der Waals surface area contributed by atoms with Gasteiger partial charge in [0.25, 0.3) is 5.91 Å². The second-order valence-electron chi connectivity index (χ2n) is 4.52. The Kier molecular flexibility index (Phi) is 4.53. The zero-order valence-electron chi connectivity index (χ0n) is 11.4. The molecule has 0 N–H and O–H groups in total. The molecule has 5 nitrogen and oxygen atoms in total. The molecule has 0 aromatic carbocycles. The van der Waals surface area contributed by atoms with Crippen LogP contribution in [-0.2, 0) is 0 Å². The van der Waals surface area contributed by atoms with E-state index in [9.17, 15) is 4.79 Å². The van der Waals surface area contributed by atoms with Crippen molar-refractivity contribution in [3.8, 4) is 16.8 Å². The molecule has 0 aliphatic carbocycles. The molecule has 0 atom stereocenters. The third-order valence-corrected chi connectivity index (χ3v) is 3.66. The number of rotatable bonds is 5. The summed E-state index contributed by atoms with van der Waals surface area (Å²) in [6.07, 6.45) is 1.89.